The number of benzene rings is 2. The minimum Gasteiger partial charge on any atom is -0.497 e. The van der Waals surface area contributed by atoms with Crippen molar-refractivity contribution in [3.8, 4) is 22.6 Å². The molecule has 2 rings (SSSR count). The number of ether oxygens (including phenoxy) is 2. The van der Waals surface area contributed by atoms with Crippen LogP contribution in [0.1, 0.15) is 5.56 Å². The molecule has 19 heavy (non-hydrogen) atoms. The van der Waals surface area contributed by atoms with Crippen LogP contribution in [0.2, 0.25) is 0 Å². The summed E-state index contributed by atoms with van der Waals surface area (Å²) >= 11 is 0. The van der Waals surface area contributed by atoms with Crippen LogP contribution in [0.4, 0.5) is 0 Å². The van der Waals surface area contributed by atoms with Crippen molar-refractivity contribution in [3.63, 3.8) is 0 Å². The lowest BCUT2D eigenvalue weighted by atomic mass is 10.0. The van der Waals surface area contributed by atoms with Gasteiger partial charge in [-0.15, -0.1) is 0 Å². The first-order chi connectivity index (χ1) is 9.28. The van der Waals surface area contributed by atoms with Gasteiger partial charge in [0, 0.05) is 12.1 Å². The summed E-state index contributed by atoms with van der Waals surface area (Å²) in [5.74, 6) is 1.77. The van der Waals surface area contributed by atoms with E-state index in [9.17, 15) is 0 Å². The van der Waals surface area contributed by atoms with Gasteiger partial charge in [-0.3, -0.25) is 0 Å². The predicted molar refractivity (Wildman–Crippen MR) is 77.7 cm³/mol. The van der Waals surface area contributed by atoms with E-state index in [2.05, 4.69) is 23.5 Å². The molecular weight excluding hydrogens is 238 g/mol. The van der Waals surface area contributed by atoms with Gasteiger partial charge in [-0.1, -0.05) is 18.2 Å². The Morgan fingerprint density at radius 2 is 1.74 bits per heavy atom. The average Bonchev–Trinajstić information content (AvgIpc) is 2.47. The van der Waals surface area contributed by atoms with Gasteiger partial charge in [0.15, 0.2) is 0 Å². The van der Waals surface area contributed by atoms with E-state index in [4.69, 9.17) is 9.47 Å². The highest BCUT2D eigenvalue weighted by Gasteiger charge is 2.06. The molecule has 2 aromatic carbocycles. The Bertz CT molecular complexity index is 552. The van der Waals surface area contributed by atoms with E-state index in [0.717, 1.165) is 34.7 Å². The predicted octanol–water partition coefficient (Wildman–Crippen LogP) is 3.09. The molecule has 0 radical (unpaired) electrons. The third kappa shape index (κ3) is 3.06. The molecule has 0 spiro atoms. The maximum absolute atomic E-state index is 5.37. The van der Waals surface area contributed by atoms with Gasteiger partial charge in [-0.25, -0.2) is 0 Å². The van der Waals surface area contributed by atoms with E-state index < -0.39 is 0 Å². The van der Waals surface area contributed by atoms with Gasteiger partial charge in [0.25, 0.3) is 0 Å². The van der Waals surface area contributed by atoms with Gasteiger partial charge in [0.2, 0.25) is 0 Å². The first kappa shape index (κ1) is 13.4. The van der Waals surface area contributed by atoms with Crippen LogP contribution in [0.5, 0.6) is 11.5 Å². The number of nitrogens with one attached hydrogen (secondary N) is 1. The molecule has 0 fully saturated rings. The second-order valence-corrected chi connectivity index (χ2v) is 4.29. The highest BCUT2D eigenvalue weighted by molar-refractivity contribution is 5.67. The van der Waals surface area contributed by atoms with Crippen molar-refractivity contribution in [2.45, 2.75) is 6.54 Å². The van der Waals surface area contributed by atoms with E-state index in [1.54, 1.807) is 14.2 Å². The van der Waals surface area contributed by atoms with E-state index >= 15 is 0 Å². The zero-order chi connectivity index (χ0) is 13.7. The van der Waals surface area contributed by atoms with Gasteiger partial charge < -0.3 is 14.8 Å². The van der Waals surface area contributed by atoms with E-state index in [1.165, 1.54) is 0 Å². The highest BCUT2D eigenvalue weighted by atomic mass is 16.5. The van der Waals surface area contributed by atoms with Gasteiger partial charge in [-0.2, -0.15) is 0 Å². The van der Waals surface area contributed by atoms with Crippen LogP contribution < -0.4 is 14.8 Å². The fraction of sp³-hybridized carbons (Fsp3) is 0.250. The second kappa shape index (κ2) is 6.25. The molecule has 0 saturated heterocycles. The first-order valence-corrected chi connectivity index (χ1v) is 6.24. The summed E-state index contributed by atoms with van der Waals surface area (Å²) in [7, 11) is 5.30. The molecule has 3 nitrogen and oxygen atoms in total. The maximum Gasteiger partial charge on any atom is 0.123 e. The lowest BCUT2D eigenvalue weighted by Gasteiger charge is -2.11. The van der Waals surface area contributed by atoms with Crippen LogP contribution in [0, 0.1) is 0 Å². The Balaban J connectivity index is 2.41. The molecule has 0 bridgehead atoms. The molecule has 1 N–H and O–H groups in total. The van der Waals surface area contributed by atoms with E-state index in [1.807, 2.05) is 31.3 Å². The molecule has 0 aliphatic heterocycles. The second-order valence-electron chi connectivity index (χ2n) is 4.29. The number of methoxy groups -OCH3 is 2. The normalized spacial score (nSPS) is 10.3. The monoisotopic (exact) mass is 257 g/mol. The largest absolute Gasteiger partial charge is 0.497 e. The fourth-order valence-corrected chi connectivity index (χ4v) is 2.09. The number of hydrogen-bond acceptors (Lipinski definition) is 3. The lowest BCUT2D eigenvalue weighted by molar-refractivity contribution is 0.408. The molecule has 3 heteroatoms. The summed E-state index contributed by atoms with van der Waals surface area (Å²) in [5, 5.41) is 3.16. The Morgan fingerprint density at radius 3 is 2.42 bits per heavy atom. The Kier molecular flexibility index (Phi) is 4.42. The van der Waals surface area contributed by atoms with Gasteiger partial charge in [0.05, 0.1) is 14.2 Å². The van der Waals surface area contributed by atoms with E-state index in [0.29, 0.717) is 0 Å². The van der Waals surface area contributed by atoms with E-state index in [-0.39, 0.29) is 0 Å². The first-order valence-electron chi connectivity index (χ1n) is 6.24. The standard InChI is InChI=1S/C16H19NO2/c1-17-11-14-9-13(7-8-16(14)19-3)12-5-4-6-15(10-12)18-2/h4-10,17H,11H2,1-3H3. The van der Waals surface area contributed by atoms with Crippen LogP contribution in [-0.4, -0.2) is 21.3 Å². The topological polar surface area (TPSA) is 30.5 Å². The smallest absolute Gasteiger partial charge is 0.123 e. The van der Waals surface area contributed by atoms with Crippen molar-refractivity contribution in [3.05, 3.63) is 48.0 Å². The molecular formula is C16H19NO2. The van der Waals surface area contributed by atoms with Crippen LogP contribution in [-0.2, 0) is 6.54 Å². The van der Waals surface area contributed by atoms with Crippen molar-refractivity contribution in [1.82, 2.24) is 5.32 Å². The van der Waals surface area contributed by atoms with Crippen molar-refractivity contribution in [2.75, 3.05) is 21.3 Å². The molecule has 2 aromatic rings. The summed E-state index contributed by atoms with van der Waals surface area (Å²) in [5.41, 5.74) is 3.44. The summed E-state index contributed by atoms with van der Waals surface area (Å²) < 4.78 is 10.6. The molecule has 0 aliphatic carbocycles. The molecule has 0 atom stereocenters. The molecule has 0 amide bonds. The zero-order valence-corrected chi connectivity index (χ0v) is 11.6. The zero-order valence-electron chi connectivity index (χ0n) is 11.6. The molecule has 0 aromatic heterocycles. The summed E-state index contributed by atoms with van der Waals surface area (Å²) in [6, 6.07) is 14.3. The Morgan fingerprint density at radius 1 is 0.947 bits per heavy atom. The summed E-state index contributed by atoms with van der Waals surface area (Å²) in [4.78, 5) is 0. The van der Waals surface area contributed by atoms with Crippen molar-refractivity contribution < 1.29 is 9.47 Å². The molecule has 0 aliphatic rings. The van der Waals surface area contributed by atoms with Crippen molar-refractivity contribution in [2.24, 2.45) is 0 Å². The van der Waals surface area contributed by atoms with Crippen LogP contribution in [0.25, 0.3) is 11.1 Å². The highest BCUT2D eigenvalue weighted by Crippen LogP contribution is 2.28. The van der Waals surface area contributed by atoms with Crippen molar-refractivity contribution in [1.29, 1.82) is 0 Å². The lowest BCUT2D eigenvalue weighted by Crippen LogP contribution is -2.06. The quantitative estimate of drug-likeness (QED) is 0.893. The molecule has 0 saturated carbocycles. The van der Waals surface area contributed by atoms with Crippen LogP contribution in [0.3, 0.4) is 0 Å². The molecule has 0 unspecified atom stereocenters. The van der Waals surface area contributed by atoms with Crippen molar-refractivity contribution >= 4 is 0 Å². The number of hydrogen-bond donors (Lipinski definition) is 1. The third-order valence-corrected chi connectivity index (χ3v) is 3.05. The minimum atomic E-state index is 0.779. The Hall–Kier alpha value is -2.00. The van der Waals surface area contributed by atoms with Gasteiger partial charge in [0.1, 0.15) is 11.5 Å². The summed E-state index contributed by atoms with van der Waals surface area (Å²) in [6.07, 6.45) is 0. The Labute approximate surface area is 114 Å². The molecule has 0 heterocycles. The fourth-order valence-electron chi connectivity index (χ4n) is 2.09. The minimum absolute atomic E-state index is 0.779. The SMILES string of the molecule is CNCc1cc(-c2cccc(OC)c2)ccc1OC. The van der Waals surface area contributed by atoms with Crippen LogP contribution in [0.15, 0.2) is 42.5 Å². The van der Waals surface area contributed by atoms with Gasteiger partial charge in [-0.05, 0) is 42.4 Å². The number of rotatable bonds is 5. The third-order valence-electron chi connectivity index (χ3n) is 3.05. The van der Waals surface area contributed by atoms with Gasteiger partial charge >= 0.3 is 0 Å². The molecule has 100 valence electrons. The van der Waals surface area contributed by atoms with Crippen LogP contribution >= 0.6 is 0 Å². The maximum atomic E-state index is 5.37. The summed E-state index contributed by atoms with van der Waals surface area (Å²) in [6.45, 7) is 0.779. The average molecular weight is 257 g/mol.